The van der Waals surface area contributed by atoms with E-state index in [1.54, 1.807) is 0 Å². The van der Waals surface area contributed by atoms with E-state index in [0.717, 1.165) is 32.0 Å². The van der Waals surface area contributed by atoms with Crippen LogP contribution in [0.1, 0.15) is 61.8 Å². The van der Waals surface area contributed by atoms with Crippen LogP contribution in [0.3, 0.4) is 0 Å². The summed E-state index contributed by atoms with van der Waals surface area (Å²) >= 11 is 0. The first kappa shape index (κ1) is 29.2. The second kappa shape index (κ2) is 13.6. The largest absolute Gasteiger partial charge is 0.444 e. The average Bonchev–Trinajstić information content (AvgIpc) is 2.57. The van der Waals surface area contributed by atoms with Crippen molar-refractivity contribution in [3.8, 4) is 0 Å². The first-order valence-electron chi connectivity index (χ1n) is 10.8. The molecule has 9 heteroatoms. The molecule has 1 saturated heterocycles. The first-order chi connectivity index (χ1) is 13.4. The van der Waals surface area contributed by atoms with Crippen LogP contribution in [0.5, 0.6) is 0 Å². The fourth-order valence-corrected chi connectivity index (χ4v) is 3.19. The van der Waals surface area contributed by atoms with Crippen LogP contribution in [-0.2, 0) is 9.47 Å². The minimum Gasteiger partial charge on any atom is -0.444 e. The topological polar surface area (TPSA) is 87.2 Å². The van der Waals surface area contributed by atoms with E-state index in [1.165, 1.54) is 0 Å². The Balaban J connectivity index is 0.00000841. The van der Waals surface area contributed by atoms with E-state index in [1.807, 2.05) is 20.8 Å². The number of hydrogen-bond donors (Lipinski definition) is 3. The van der Waals surface area contributed by atoms with E-state index in [0.29, 0.717) is 19.6 Å². The molecule has 2 unspecified atom stereocenters. The van der Waals surface area contributed by atoms with Gasteiger partial charge in [-0.1, -0.05) is 0 Å². The van der Waals surface area contributed by atoms with Crippen molar-refractivity contribution >= 4 is 36.0 Å². The lowest BCUT2D eigenvalue weighted by Gasteiger charge is -2.44. The van der Waals surface area contributed by atoms with Crippen LogP contribution in [0.25, 0.3) is 0 Å². The predicted molar refractivity (Wildman–Crippen MR) is 134 cm³/mol. The van der Waals surface area contributed by atoms with E-state index >= 15 is 0 Å². The molecule has 0 bridgehead atoms. The number of alkyl carbamates (subject to hydrolysis) is 1. The zero-order chi connectivity index (χ0) is 22.1. The standard InChI is InChI=1S/C21H43N5O3.HI/c1-9-22-18(23-11-10-12-24-19(27)29-20(4,5)6)25-15-21(7,8)26-13-16(2)28-17(3)14-26;/h16-17H,9-15H2,1-8H3,(H,24,27)(H2,22,23,25);1H. The summed E-state index contributed by atoms with van der Waals surface area (Å²) in [6.07, 6.45) is 0.886. The van der Waals surface area contributed by atoms with Crippen molar-refractivity contribution in [1.82, 2.24) is 20.9 Å². The summed E-state index contributed by atoms with van der Waals surface area (Å²) < 4.78 is 11.1. The Morgan fingerprint density at radius 3 is 2.17 bits per heavy atom. The molecule has 8 nitrogen and oxygen atoms in total. The Kier molecular flexibility index (Phi) is 13.2. The fraction of sp³-hybridized carbons (Fsp3) is 0.905. The van der Waals surface area contributed by atoms with Crippen LogP contribution in [0.15, 0.2) is 4.99 Å². The molecule has 178 valence electrons. The van der Waals surface area contributed by atoms with Gasteiger partial charge in [-0.15, -0.1) is 24.0 Å². The fourth-order valence-electron chi connectivity index (χ4n) is 3.19. The molecule has 0 aromatic rings. The summed E-state index contributed by atoms with van der Waals surface area (Å²) in [5.74, 6) is 0.798. The van der Waals surface area contributed by atoms with Gasteiger partial charge >= 0.3 is 6.09 Å². The number of nitrogens with zero attached hydrogens (tertiary/aromatic N) is 2. The number of carbonyl (C=O) groups is 1. The van der Waals surface area contributed by atoms with Crippen LogP contribution in [0.2, 0.25) is 0 Å². The van der Waals surface area contributed by atoms with Gasteiger partial charge in [0.25, 0.3) is 0 Å². The molecular formula is C21H44IN5O3. The zero-order valence-electron chi connectivity index (χ0n) is 20.1. The molecule has 0 aromatic heterocycles. The van der Waals surface area contributed by atoms with E-state index in [-0.39, 0.29) is 47.8 Å². The molecule has 1 amide bonds. The summed E-state index contributed by atoms with van der Waals surface area (Å²) in [4.78, 5) is 18.9. The van der Waals surface area contributed by atoms with E-state index in [9.17, 15) is 4.79 Å². The molecule has 1 aliphatic rings. The molecule has 1 aliphatic heterocycles. The number of nitrogens with one attached hydrogen (secondary N) is 3. The lowest BCUT2D eigenvalue weighted by molar-refractivity contribution is -0.0939. The molecular weight excluding hydrogens is 497 g/mol. The third kappa shape index (κ3) is 12.1. The van der Waals surface area contributed by atoms with Crippen molar-refractivity contribution in [1.29, 1.82) is 0 Å². The number of morpholine rings is 1. The van der Waals surface area contributed by atoms with Crippen LogP contribution in [0, 0.1) is 0 Å². The predicted octanol–water partition coefficient (Wildman–Crippen LogP) is 2.96. The number of ether oxygens (including phenoxy) is 2. The van der Waals surface area contributed by atoms with Gasteiger partial charge in [-0.3, -0.25) is 9.89 Å². The van der Waals surface area contributed by atoms with Crippen molar-refractivity contribution in [2.75, 3.05) is 39.3 Å². The molecule has 1 rings (SSSR count). The molecule has 1 fully saturated rings. The highest BCUT2D eigenvalue weighted by Gasteiger charge is 2.33. The number of hydrogen-bond acceptors (Lipinski definition) is 5. The quantitative estimate of drug-likeness (QED) is 0.190. The van der Waals surface area contributed by atoms with Crippen molar-refractivity contribution < 1.29 is 14.3 Å². The molecule has 0 saturated carbocycles. The summed E-state index contributed by atoms with van der Waals surface area (Å²) in [6, 6.07) is 0. The van der Waals surface area contributed by atoms with Gasteiger partial charge in [-0.05, 0) is 61.8 Å². The molecule has 1 heterocycles. The normalized spacial score (nSPS) is 20.9. The molecule has 2 atom stereocenters. The van der Waals surface area contributed by atoms with Gasteiger partial charge in [-0.2, -0.15) is 0 Å². The maximum Gasteiger partial charge on any atom is 0.407 e. The molecule has 0 aliphatic carbocycles. The van der Waals surface area contributed by atoms with Gasteiger partial charge in [0.15, 0.2) is 5.96 Å². The van der Waals surface area contributed by atoms with E-state index in [4.69, 9.17) is 14.5 Å². The van der Waals surface area contributed by atoms with Crippen LogP contribution < -0.4 is 16.0 Å². The highest BCUT2D eigenvalue weighted by atomic mass is 127. The van der Waals surface area contributed by atoms with Crippen LogP contribution >= 0.6 is 24.0 Å². The maximum atomic E-state index is 11.7. The molecule has 3 N–H and O–H groups in total. The SMILES string of the molecule is CCNC(=NCC(C)(C)N1CC(C)OC(C)C1)NCCCNC(=O)OC(C)(C)C.I. The Hall–Kier alpha value is -0.810. The minimum atomic E-state index is -0.476. The highest BCUT2D eigenvalue weighted by molar-refractivity contribution is 14.0. The first-order valence-corrected chi connectivity index (χ1v) is 10.8. The van der Waals surface area contributed by atoms with E-state index in [2.05, 4.69) is 55.5 Å². The smallest absolute Gasteiger partial charge is 0.407 e. The minimum absolute atomic E-state index is 0. The third-order valence-corrected chi connectivity index (χ3v) is 4.56. The number of guanidine groups is 1. The van der Waals surface area contributed by atoms with Crippen molar-refractivity contribution in [2.45, 2.75) is 85.2 Å². The van der Waals surface area contributed by atoms with Crippen LogP contribution in [0.4, 0.5) is 4.79 Å². The summed E-state index contributed by atoms with van der Waals surface area (Å²) in [6.45, 7) is 20.9. The maximum absolute atomic E-state index is 11.7. The third-order valence-electron chi connectivity index (χ3n) is 4.56. The number of carbonyl (C=O) groups excluding carboxylic acids is 1. The number of amides is 1. The Morgan fingerprint density at radius 1 is 1.07 bits per heavy atom. The second-order valence-electron chi connectivity index (χ2n) is 9.38. The Bertz CT molecular complexity index is 527. The number of rotatable bonds is 8. The van der Waals surface area contributed by atoms with Gasteiger partial charge in [0.05, 0.1) is 18.8 Å². The van der Waals surface area contributed by atoms with Gasteiger partial charge in [0, 0.05) is 38.3 Å². The Morgan fingerprint density at radius 2 is 1.63 bits per heavy atom. The van der Waals surface area contributed by atoms with Crippen molar-refractivity contribution in [3.05, 3.63) is 0 Å². The number of aliphatic imine (C=N–C) groups is 1. The molecule has 0 aromatic carbocycles. The summed E-state index contributed by atoms with van der Waals surface area (Å²) in [5.41, 5.74) is -0.525. The van der Waals surface area contributed by atoms with Crippen molar-refractivity contribution in [2.24, 2.45) is 4.99 Å². The second-order valence-corrected chi connectivity index (χ2v) is 9.38. The van der Waals surface area contributed by atoms with Crippen molar-refractivity contribution in [3.63, 3.8) is 0 Å². The lowest BCUT2D eigenvalue weighted by Crippen LogP contribution is -2.56. The number of halogens is 1. The van der Waals surface area contributed by atoms with Gasteiger partial charge in [0.1, 0.15) is 5.60 Å². The molecule has 0 radical (unpaired) electrons. The molecule has 0 spiro atoms. The van der Waals surface area contributed by atoms with Gasteiger partial charge in [0.2, 0.25) is 0 Å². The lowest BCUT2D eigenvalue weighted by atomic mass is 10.0. The van der Waals surface area contributed by atoms with Gasteiger partial charge in [-0.25, -0.2) is 4.79 Å². The summed E-state index contributed by atoms with van der Waals surface area (Å²) in [7, 11) is 0. The van der Waals surface area contributed by atoms with Gasteiger partial charge < -0.3 is 25.4 Å². The van der Waals surface area contributed by atoms with E-state index < -0.39 is 5.60 Å². The molecule has 30 heavy (non-hydrogen) atoms. The average molecular weight is 542 g/mol. The van der Waals surface area contributed by atoms with Crippen LogP contribution in [-0.4, -0.2) is 79.6 Å². The highest BCUT2D eigenvalue weighted by Crippen LogP contribution is 2.21. The monoisotopic (exact) mass is 541 g/mol. The zero-order valence-corrected chi connectivity index (χ0v) is 22.5. The summed E-state index contributed by atoms with van der Waals surface area (Å²) in [5, 5.41) is 9.40. The Labute approximate surface area is 200 Å².